The van der Waals surface area contributed by atoms with E-state index in [1.54, 1.807) is 19.2 Å². The van der Waals surface area contributed by atoms with E-state index in [1.807, 2.05) is 30.3 Å². The fraction of sp³-hybridized carbons (Fsp3) is 0.353. The molecular formula is C17H20N4O2. The monoisotopic (exact) mass is 312 g/mol. The van der Waals surface area contributed by atoms with Gasteiger partial charge in [0.05, 0.1) is 6.10 Å². The second-order valence-electron chi connectivity index (χ2n) is 5.64. The molecule has 0 bridgehead atoms. The Morgan fingerprint density at radius 3 is 2.61 bits per heavy atom. The van der Waals surface area contributed by atoms with Crippen molar-refractivity contribution in [3.63, 3.8) is 0 Å². The van der Waals surface area contributed by atoms with Gasteiger partial charge in [-0.3, -0.25) is 4.79 Å². The van der Waals surface area contributed by atoms with Gasteiger partial charge in [0.15, 0.2) is 5.69 Å². The number of benzene rings is 1. The Kier molecular flexibility index (Phi) is 4.83. The standard InChI is InChI=1S/C17H20N4O2/c1-23-14-8-7-13(11-14)18-16-10-9-15(20-21-16)17(22)19-12-5-3-2-4-6-12/h2-6,9-10,13-14H,7-8,11H2,1H3,(H,18,21)(H,19,22). The van der Waals surface area contributed by atoms with Gasteiger partial charge in [0.2, 0.25) is 0 Å². The predicted molar refractivity (Wildman–Crippen MR) is 88.5 cm³/mol. The summed E-state index contributed by atoms with van der Waals surface area (Å²) >= 11 is 0. The Labute approximate surface area is 135 Å². The molecule has 0 aliphatic heterocycles. The number of methoxy groups -OCH3 is 1. The molecule has 1 aliphatic carbocycles. The fourth-order valence-corrected chi connectivity index (χ4v) is 2.74. The summed E-state index contributed by atoms with van der Waals surface area (Å²) in [6.45, 7) is 0. The van der Waals surface area contributed by atoms with Crippen LogP contribution in [0.2, 0.25) is 0 Å². The maximum Gasteiger partial charge on any atom is 0.276 e. The zero-order chi connectivity index (χ0) is 16.1. The van der Waals surface area contributed by atoms with Crippen LogP contribution in [-0.4, -0.2) is 35.4 Å². The molecule has 2 N–H and O–H groups in total. The fourth-order valence-electron chi connectivity index (χ4n) is 2.74. The topological polar surface area (TPSA) is 76.1 Å². The molecule has 1 aromatic heterocycles. The highest BCUT2D eigenvalue weighted by molar-refractivity contribution is 6.02. The van der Waals surface area contributed by atoms with E-state index < -0.39 is 0 Å². The molecule has 2 atom stereocenters. The van der Waals surface area contributed by atoms with Crippen LogP contribution in [0.5, 0.6) is 0 Å². The number of para-hydroxylation sites is 1. The predicted octanol–water partition coefficient (Wildman–Crippen LogP) is 2.71. The first-order valence-corrected chi connectivity index (χ1v) is 7.74. The number of rotatable bonds is 5. The lowest BCUT2D eigenvalue weighted by Gasteiger charge is -2.13. The molecule has 2 unspecified atom stereocenters. The summed E-state index contributed by atoms with van der Waals surface area (Å²) < 4.78 is 5.36. The number of amides is 1. The molecule has 1 amide bonds. The van der Waals surface area contributed by atoms with E-state index in [0.29, 0.717) is 23.7 Å². The van der Waals surface area contributed by atoms with Crippen molar-refractivity contribution in [1.82, 2.24) is 10.2 Å². The van der Waals surface area contributed by atoms with E-state index in [2.05, 4.69) is 20.8 Å². The third-order valence-electron chi connectivity index (χ3n) is 4.00. The zero-order valence-electron chi connectivity index (χ0n) is 13.0. The SMILES string of the molecule is COC1CCC(Nc2ccc(C(=O)Nc3ccccc3)nn2)C1. The number of carbonyl (C=O) groups is 1. The highest BCUT2D eigenvalue weighted by atomic mass is 16.5. The summed E-state index contributed by atoms with van der Waals surface area (Å²) in [6, 6.07) is 13.1. The lowest BCUT2D eigenvalue weighted by molar-refractivity contribution is 0.102. The number of nitrogens with one attached hydrogen (secondary N) is 2. The average molecular weight is 312 g/mol. The van der Waals surface area contributed by atoms with Crippen LogP contribution >= 0.6 is 0 Å². The van der Waals surface area contributed by atoms with Gasteiger partial charge in [0.1, 0.15) is 5.82 Å². The van der Waals surface area contributed by atoms with Crippen LogP contribution in [0.15, 0.2) is 42.5 Å². The second-order valence-corrected chi connectivity index (χ2v) is 5.64. The summed E-state index contributed by atoms with van der Waals surface area (Å²) in [5.74, 6) is 0.415. The highest BCUT2D eigenvalue weighted by Crippen LogP contribution is 2.24. The van der Waals surface area contributed by atoms with Gasteiger partial charge in [-0.2, -0.15) is 0 Å². The van der Waals surface area contributed by atoms with Gasteiger partial charge in [0, 0.05) is 18.8 Å². The summed E-state index contributed by atoms with van der Waals surface area (Å²) in [5.41, 5.74) is 1.03. The normalized spacial score (nSPS) is 20.2. The Bertz CT molecular complexity index is 645. The number of hydrogen-bond acceptors (Lipinski definition) is 5. The number of aromatic nitrogens is 2. The van der Waals surface area contributed by atoms with Crippen molar-refractivity contribution in [2.24, 2.45) is 0 Å². The summed E-state index contributed by atoms with van der Waals surface area (Å²) in [5, 5.41) is 14.2. The van der Waals surface area contributed by atoms with Gasteiger partial charge in [-0.1, -0.05) is 18.2 Å². The van der Waals surface area contributed by atoms with Crippen molar-refractivity contribution in [3.05, 3.63) is 48.2 Å². The van der Waals surface area contributed by atoms with Crippen LogP contribution < -0.4 is 10.6 Å². The van der Waals surface area contributed by atoms with E-state index in [1.165, 1.54) is 0 Å². The van der Waals surface area contributed by atoms with Crippen LogP contribution in [0.25, 0.3) is 0 Å². The van der Waals surface area contributed by atoms with E-state index in [9.17, 15) is 4.79 Å². The largest absolute Gasteiger partial charge is 0.381 e. The van der Waals surface area contributed by atoms with Gasteiger partial charge in [-0.15, -0.1) is 10.2 Å². The van der Waals surface area contributed by atoms with E-state index in [-0.39, 0.29) is 5.91 Å². The van der Waals surface area contributed by atoms with Crippen molar-refractivity contribution in [2.75, 3.05) is 17.7 Å². The first-order valence-electron chi connectivity index (χ1n) is 7.74. The number of carbonyl (C=O) groups excluding carboxylic acids is 1. The van der Waals surface area contributed by atoms with Gasteiger partial charge in [-0.25, -0.2) is 0 Å². The Morgan fingerprint density at radius 2 is 1.96 bits per heavy atom. The first kappa shape index (κ1) is 15.4. The minimum absolute atomic E-state index is 0.268. The third kappa shape index (κ3) is 4.04. The first-order chi connectivity index (χ1) is 11.2. The van der Waals surface area contributed by atoms with Crippen molar-refractivity contribution in [2.45, 2.75) is 31.4 Å². The number of anilines is 2. The Hall–Kier alpha value is -2.47. The summed E-state index contributed by atoms with van der Waals surface area (Å²) in [4.78, 5) is 12.1. The molecule has 2 aromatic rings. The Balaban J connectivity index is 1.57. The molecule has 1 aromatic carbocycles. The zero-order valence-corrected chi connectivity index (χ0v) is 13.0. The molecule has 1 heterocycles. The number of hydrogen-bond donors (Lipinski definition) is 2. The summed E-state index contributed by atoms with van der Waals surface area (Å²) in [7, 11) is 1.74. The van der Waals surface area contributed by atoms with E-state index in [4.69, 9.17) is 4.74 Å². The van der Waals surface area contributed by atoms with Crippen LogP contribution in [0.3, 0.4) is 0 Å². The minimum atomic E-state index is -0.268. The van der Waals surface area contributed by atoms with Gasteiger partial charge in [0.25, 0.3) is 5.91 Å². The molecule has 23 heavy (non-hydrogen) atoms. The molecule has 0 radical (unpaired) electrons. The van der Waals surface area contributed by atoms with Crippen molar-refractivity contribution in [3.8, 4) is 0 Å². The third-order valence-corrected chi connectivity index (χ3v) is 4.00. The second kappa shape index (κ2) is 7.19. The number of ether oxygens (including phenoxy) is 1. The lowest BCUT2D eigenvalue weighted by atomic mass is 10.2. The van der Waals surface area contributed by atoms with Crippen LogP contribution in [0.1, 0.15) is 29.8 Å². The van der Waals surface area contributed by atoms with Crippen LogP contribution in [0.4, 0.5) is 11.5 Å². The molecule has 1 aliphatic rings. The van der Waals surface area contributed by atoms with Crippen molar-refractivity contribution >= 4 is 17.4 Å². The van der Waals surface area contributed by atoms with Crippen LogP contribution in [-0.2, 0) is 4.74 Å². The molecule has 6 heteroatoms. The lowest BCUT2D eigenvalue weighted by Crippen LogP contribution is -2.19. The van der Waals surface area contributed by atoms with Crippen molar-refractivity contribution < 1.29 is 9.53 Å². The molecule has 1 saturated carbocycles. The Morgan fingerprint density at radius 1 is 1.13 bits per heavy atom. The minimum Gasteiger partial charge on any atom is -0.381 e. The van der Waals surface area contributed by atoms with Gasteiger partial charge >= 0.3 is 0 Å². The maximum absolute atomic E-state index is 12.1. The molecule has 1 fully saturated rings. The molecule has 120 valence electrons. The maximum atomic E-state index is 12.1. The molecule has 0 saturated heterocycles. The van der Waals surface area contributed by atoms with E-state index in [0.717, 1.165) is 24.9 Å². The van der Waals surface area contributed by atoms with Gasteiger partial charge in [-0.05, 0) is 43.5 Å². The smallest absolute Gasteiger partial charge is 0.276 e. The van der Waals surface area contributed by atoms with Crippen molar-refractivity contribution in [1.29, 1.82) is 0 Å². The number of nitrogens with zero attached hydrogens (tertiary/aromatic N) is 2. The molecule has 3 rings (SSSR count). The highest BCUT2D eigenvalue weighted by Gasteiger charge is 2.24. The van der Waals surface area contributed by atoms with Gasteiger partial charge < -0.3 is 15.4 Å². The quantitative estimate of drug-likeness (QED) is 0.888. The molecular weight excluding hydrogens is 292 g/mol. The van der Waals surface area contributed by atoms with E-state index >= 15 is 0 Å². The summed E-state index contributed by atoms with van der Waals surface area (Å²) in [6.07, 6.45) is 3.39. The van der Waals surface area contributed by atoms with Crippen LogP contribution in [0, 0.1) is 0 Å². The molecule has 0 spiro atoms. The molecule has 6 nitrogen and oxygen atoms in total. The average Bonchev–Trinajstić information content (AvgIpc) is 3.04.